The van der Waals surface area contributed by atoms with Crippen molar-refractivity contribution in [3.05, 3.63) is 70.8 Å². The van der Waals surface area contributed by atoms with Crippen molar-refractivity contribution in [1.82, 2.24) is 20.4 Å². The van der Waals surface area contributed by atoms with Crippen molar-refractivity contribution in [3.8, 4) is 0 Å². The number of hydrogen-bond acceptors (Lipinski definition) is 4. The summed E-state index contributed by atoms with van der Waals surface area (Å²) in [6.45, 7) is 7.42. The number of guanidine groups is 1. The van der Waals surface area contributed by atoms with E-state index in [0.29, 0.717) is 26.1 Å². The summed E-state index contributed by atoms with van der Waals surface area (Å²) in [6.07, 6.45) is 1.63. The predicted molar refractivity (Wildman–Crippen MR) is 146 cm³/mol. The van der Waals surface area contributed by atoms with Crippen molar-refractivity contribution in [3.63, 3.8) is 0 Å². The molecule has 0 unspecified atom stereocenters. The van der Waals surface area contributed by atoms with Crippen LogP contribution in [0.2, 0.25) is 0 Å². The van der Waals surface area contributed by atoms with E-state index in [1.807, 2.05) is 17.0 Å². The Morgan fingerprint density at radius 1 is 0.882 bits per heavy atom. The number of amides is 1. The van der Waals surface area contributed by atoms with Gasteiger partial charge in [0.1, 0.15) is 0 Å². The summed E-state index contributed by atoms with van der Waals surface area (Å²) >= 11 is 0. The van der Waals surface area contributed by atoms with Gasteiger partial charge in [-0.3, -0.25) is 14.7 Å². The Balaban J connectivity index is 0.00000324. The summed E-state index contributed by atoms with van der Waals surface area (Å²) < 4.78 is 5.48. The minimum Gasteiger partial charge on any atom is -0.379 e. The smallest absolute Gasteiger partial charge is 0.222 e. The lowest BCUT2D eigenvalue weighted by Gasteiger charge is -2.27. The summed E-state index contributed by atoms with van der Waals surface area (Å²) in [7, 11) is 1.80. The molecule has 1 amide bonds. The molecule has 34 heavy (non-hydrogen) atoms. The fraction of sp³-hybridized carbons (Fsp3) is 0.462. The van der Waals surface area contributed by atoms with Crippen LogP contribution in [0.4, 0.5) is 0 Å². The van der Waals surface area contributed by atoms with Crippen LogP contribution in [0.3, 0.4) is 0 Å². The molecule has 0 spiro atoms. The van der Waals surface area contributed by atoms with Crippen LogP contribution in [-0.2, 0) is 35.7 Å². The number of aliphatic imine (C=N–C) groups is 1. The summed E-state index contributed by atoms with van der Waals surface area (Å²) in [6, 6.07) is 16.9. The molecule has 2 aliphatic heterocycles. The van der Waals surface area contributed by atoms with E-state index in [4.69, 9.17) is 4.74 Å². The van der Waals surface area contributed by atoms with Crippen molar-refractivity contribution in [2.24, 2.45) is 4.99 Å². The van der Waals surface area contributed by atoms with Gasteiger partial charge in [-0.25, -0.2) is 0 Å². The summed E-state index contributed by atoms with van der Waals surface area (Å²) in [5.74, 6) is 1.02. The number of carbonyl (C=O) groups excluding carboxylic acids is 1. The maximum atomic E-state index is 12.0. The second kappa shape index (κ2) is 13.7. The molecule has 0 radical (unpaired) electrons. The molecule has 7 nitrogen and oxygen atoms in total. The van der Waals surface area contributed by atoms with Crippen LogP contribution in [0.15, 0.2) is 53.5 Å². The lowest BCUT2D eigenvalue weighted by molar-refractivity contribution is -0.128. The molecule has 2 aliphatic rings. The molecule has 8 heteroatoms. The van der Waals surface area contributed by atoms with Crippen molar-refractivity contribution >= 4 is 35.8 Å². The van der Waals surface area contributed by atoms with Gasteiger partial charge in [0.05, 0.1) is 13.2 Å². The van der Waals surface area contributed by atoms with E-state index in [0.717, 1.165) is 51.8 Å². The molecule has 0 aromatic heterocycles. The molecule has 2 fully saturated rings. The standard InChI is InChI=1S/C26H35N5O2.HI/c1-27-26(28-17-21-7-2-4-9-23(21)19-30-13-15-33-16-14-30)29-18-22-8-3-5-10-24(22)20-31-12-6-11-25(31)32;/h2-5,7-10H,6,11-20H2,1H3,(H2,27,28,29);1H. The number of nitrogens with zero attached hydrogens (tertiary/aromatic N) is 3. The Labute approximate surface area is 220 Å². The SMILES string of the molecule is CN=C(NCc1ccccc1CN1CCOCC1)NCc1ccccc1CN1CCCC1=O.I. The molecule has 0 aliphatic carbocycles. The van der Waals surface area contributed by atoms with Crippen molar-refractivity contribution in [2.45, 2.75) is 39.0 Å². The van der Waals surface area contributed by atoms with Gasteiger partial charge in [-0.2, -0.15) is 0 Å². The van der Waals surface area contributed by atoms with E-state index in [9.17, 15) is 4.79 Å². The Morgan fingerprint density at radius 2 is 1.44 bits per heavy atom. The number of carbonyl (C=O) groups is 1. The quantitative estimate of drug-likeness (QED) is 0.287. The summed E-state index contributed by atoms with van der Waals surface area (Å²) in [4.78, 5) is 20.9. The highest BCUT2D eigenvalue weighted by molar-refractivity contribution is 14.0. The van der Waals surface area contributed by atoms with Crippen molar-refractivity contribution in [1.29, 1.82) is 0 Å². The molecule has 0 saturated carbocycles. The average Bonchev–Trinajstić information content (AvgIpc) is 3.26. The van der Waals surface area contributed by atoms with Gasteiger partial charge >= 0.3 is 0 Å². The molecule has 2 heterocycles. The summed E-state index contributed by atoms with van der Waals surface area (Å²) in [5.41, 5.74) is 4.99. The zero-order valence-electron chi connectivity index (χ0n) is 20.0. The molecule has 0 bridgehead atoms. The second-order valence-electron chi connectivity index (χ2n) is 8.62. The van der Waals surface area contributed by atoms with Crippen LogP contribution in [0.25, 0.3) is 0 Å². The third-order valence-electron chi connectivity index (χ3n) is 6.38. The van der Waals surface area contributed by atoms with E-state index in [1.54, 1.807) is 7.05 Å². The van der Waals surface area contributed by atoms with Gasteiger partial charge in [-0.05, 0) is 28.7 Å². The molecule has 2 saturated heterocycles. The lowest BCUT2D eigenvalue weighted by atomic mass is 10.1. The van der Waals surface area contributed by atoms with Crippen LogP contribution >= 0.6 is 24.0 Å². The van der Waals surface area contributed by atoms with Crippen molar-refractivity contribution < 1.29 is 9.53 Å². The number of rotatable bonds is 8. The number of likely N-dealkylation sites (tertiary alicyclic amines) is 1. The van der Waals surface area contributed by atoms with E-state index >= 15 is 0 Å². The third-order valence-corrected chi connectivity index (χ3v) is 6.38. The van der Waals surface area contributed by atoms with E-state index < -0.39 is 0 Å². The monoisotopic (exact) mass is 577 g/mol. The Kier molecular flexibility index (Phi) is 10.6. The van der Waals surface area contributed by atoms with Gasteiger partial charge in [0.25, 0.3) is 0 Å². The number of benzene rings is 2. The first-order valence-electron chi connectivity index (χ1n) is 11.9. The first-order chi connectivity index (χ1) is 16.2. The third kappa shape index (κ3) is 7.41. The zero-order chi connectivity index (χ0) is 22.9. The number of morpholine rings is 1. The lowest BCUT2D eigenvalue weighted by Crippen LogP contribution is -2.38. The van der Waals surface area contributed by atoms with Crippen LogP contribution in [0.1, 0.15) is 35.1 Å². The fourth-order valence-corrected chi connectivity index (χ4v) is 4.42. The van der Waals surface area contributed by atoms with Gasteiger partial charge in [-0.1, -0.05) is 48.5 Å². The number of ether oxygens (including phenoxy) is 1. The predicted octanol–water partition coefficient (Wildman–Crippen LogP) is 3.12. The fourth-order valence-electron chi connectivity index (χ4n) is 4.42. The molecule has 2 N–H and O–H groups in total. The van der Waals surface area contributed by atoms with E-state index in [2.05, 4.69) is 56.9 Å². The molecule has 2 aromatic rings. The molecular formula is C26H36IN5O2. The average molecular weight is 578 g/mol. The number of nitrogens with one attached hydrogen (secondary N) is 2. The number of hydrogen-bond donors (Lipinski definition) is 2. The van der Waals surface area contributed by atoms with Gasteiger partial charge in [0.15, 0.2) is 5.96 Å². The first kappa shape index (κ1) is 26.4. The maximum Gasteiger partial charge on any atom is 0.222 e. The molecule has 2 aromatic carbocycles. The first-order valence-corrected chi connectivity index (χ1v) is 11.9. The van der Waals surface area contributed by atoms with E-state index in [1.165, 1.54) is 22.3 Å². The Bertz CT molecular complexity index is 962. The Morgan fingerprint density at radius 3 is 1.97 bits per heavy atom. The molecule has 184 valence electrons. The van der Waals surface area contributed by atoms with E-state index in [-0.39, 0.29) is 29.9 Å². The van der Waals surface area contributed by atoms with Crippen LogP contribution in [0.5, 0.6) is 0 Å². The highest BCUT2D eigenvalue weighted by atomic mass is 127. The highest BCUT2D eigenvalue weighted by Crippen LogP contribution is 2.17. The van der Waals surface area contributed by atoms with Gasteiger partial charge in [0, 0.05) is 59.3 Å². The minimum atomic E-state index is 0. The van der Waals surface area contributed by atoms with Crippen LogP contribution in [-0.4, -0.2) is 61.6 Å². The van der Waals surface area contributed by atoms with Gasteiger partial charge < -0.3 is 20.3 Å². The minimum absolute atomic E-state index is 0. The Hall–Kier alpha value is -2.17. The maximum absolute atomic E-state index is 12.0. The zero-order valence-corrected chi connectivity index (χ0v) is 22.3. The van der Waals surface area contributed by atoms with Gasteiger partial charge in [-0.15, -0.1) is 24.0 Å². The second-order valence-corrected chi connectivity index (χ2v) is 8.62. The summed E-state index contributed by atoms with van der Waals surface area (Å²) in [5, 5.41) is 6.91. The number of halogens is 1. The molecular weight excluding hydrogens is 541 g/mol. The normalized spacial score (nSPS) is 16.9. The highest BCUT2D eigenvalue weighted by Gasteiger charge is 2.21. The van der Waals surface area contributed by atoms with Crippen LogP contribution < -0.4 is 10.6 Å². The largest absolute Gasteiger partial charge is 0.379 e. The molecule has 4 rings (SSSR count). The topological polar surface area (TPSA) is 69.2 Å². The van der Waals surface area contributed by atoms with Gasteiger partial charge in [0.2, 0.25) is 5.91 Å². The van der Waals surface area contributed by atoms with Crippen LogP contribution in [0, 0.1) is 0 Å². The van der Waals surface area contributed by atoms with Crippen molar-refractivity contribution in [2.75, 3.05) is 39.9 Å². The molecule has 0 atom stereocenters.